The van der Waals surface area contributed by atoms with Gasteiger partial charge in [0.25, 0.3) is 10.2 Å². The molecular weight excluding hydrogens is 254 g/mol. The summed E-state index contributed by atoms with van der Waals surface area (Å²) in [7, 11) is -3.33. The number of hydrogen-bond donors (Lipinski definition) is 1. The zero-order valence-electron chi connectivity index (χ0n) is 11.1. The van der Waals surface area contributed by atoms with E-state index in [2.05, 4.69) is 5.32 Å². The van der Waals surface area contributed by atoms with Gasteiger partial charge in [0.2, 0.25) is 0 Å². The Balaban J connectivity index is 2.08. The standard InChI is InChI=1S/C11H23N3O3S/c1-10-8-14(9-11(2)17-10)18(15,16)13-6-3-4-12-5-7-13/h10-12H,3-9H2,1-2H3. The second-order valence-corrected chi connectivity index (χ2v) is 7.01. The fourth-order valence-electron chi connectivity index (χ4n) is 2.53. The Hall–Kier alpha value is -0.210. The van der Waals surface area contributed by atoms with Crippen LogP contribution in [0.1, 0.15) is 20.3 Å². The van der Waals surface area contributed by atoms with Crippen molar-refractivity contribution in [3.63, 3.8) is 0 Å². The topological polar surface area (TPSA) is 61.9 Å². The van der Waals surface area contributed by atoms with Crippen LogP contribution >= 0.6 is 0 Å². The number of nitrogens with one attached hydrogen (secondary N) is 1. The summed E-state index contributed by atoms with van der Waals surface area (Å²) in [6.07, 6.45) is 0.802. The van der Waals surface area contributed by atoms with Crippen molar-refractivity contribution in [1.29, 1.82) is 0 Å². The third kappa shape index (κ3) is 3.21. The number of hydrogen-bond acceptors (Lipinski definition) is 4. The molecule has 0 amide bonds. The average molecular weight is 277 g/mol. The molecule has 2 rings (SSSR count). The minimum atomic E-state index is -3.33. The summed E-state index contributed by atoms with van der Waals surface area (Å²) in [6, 6.07) is 0. The first-order valence-corrected chi connectivity index (χ1v) is 8.01. The lowest BCUT2D eigenvalue weighted by Crippen LogP contribution is -2.53. The van der Waals surface area contributed by atoms with Gasteiger partial charge >= 0.3 is 0 Å². The first-order chi connectivity index (χ1) is 8.50. The zero-order chi connectivity index (χ0) is 13.2. The van der Waals surface area contributed by atoms with E-state index in [4.69, 9.17) is 4.74 Å². The lowest BCUT2D eigenvalue weighted by atomic mass is 10.3. The Morgan fingerprint density at radius 2 is 1.72 bits per heavy atom. The Bertz CT molecular complexity index is 356. The first-order valence-electron chi connectivity index (χ1n) is 6.61. The number of nitrogens with zero attached hydrogens (tertiary/aromatic N) is 2. The SMILES string of the molecule is CC1CN(S(=O)(=O)N2CCCNCC2)CC(C)O1. The molecule has 0 aromatic rings. The number of ether oxygens (including phenoxy) is 1. The minimum absolute atomic E-state index is 0.0337. The normalized spacial score (nSPS) is 33.2. The van der Waals surface area contributed by atoms with E-state index in [1.165, 1.54) is 0 Å². The lowest BCUT2D eigenvalue weighted by Gasteiger charge is -2.37. The summed E-state index contributed by atoms with van der Waals surface area (Å²) in [5, 5.41) is 3.22. The molecule has 0 spiro atoms. The van der Waals surface area contributed by atoms with Crippen molar-refractivity contribution in [2.24, 2.45) is 0 Å². The van der Waals surface area contributed by atoms with Crippen molar-refractivity contribution < 1.29 is 13.2 Å². The number of morpholine rings is 1. The van der Waals surface area contributed by atoms with Crippen molar-refractivity contribution in [3.05, 3.63) is 0 Å². The van der Waals surface area contributed by atoms with Gasteiger partial charge in [-0.1, -0.05) is 0 Å². The quantitative estimate of drug-likeness (QED) is 0.748. The molecule has 0 saturated carbocycles. The van der Waals surface area contributed by atoms with Gasteiger partial charge in [0.05, 0.1) is 12.2 Å². The Morgan fingerprint density at radius 1 is 1.06 bits per heavy atom. The highest BCUT2D eigenvalue weighted by Gasteiger charge is 2.35. The second kappa shape index (κ2) is 5.83. The third-order valence-electron chi connectivity index (χ3n) is 3.34. The maximum absolute atomic E-state index is 12.6. The van der Waals surface area contributed by atoms with Gasteiger partial charge < -0.3 is 10.1 Å². The summed E-state index contributed by atoms with van der Waals surface area (Å²) >= 11 is 0. The molecule has 2 atom stereocenters. The molecule has 106 valence electrons. The maximum atomic E-state index is 12.6. The van der Waals surface area contributed by atoms with Crippen LogP contribution in [-0.2, 0) is 14.9 Å². The predicted octanol–water partition coefficient (Wildman–Crippen LogP) is -0.364. The molecule has 1 N–H and O–H groups in total. The van der Waals surface area contributed by atoms with E-state index in [9.17, 15) is 8.42 Å². The van der Waals surface area contributed by atoms with Crippen LogP contribution < -0.4 is 5.32 Å². The number of rotatable bonds is 2. The molecule has 18 heavy (non-hydrogen) atoms. The fourth-order valence-corrected chi connectivity index (χ4v) is 4.34. The van der Waals surface area contributed by atoms with E-state index in [1.54, 1.807) is 8.61 Å². The molecule has 2 aliphatic rings. The van der Waals surface area contributed by atoms with E-state index in [-0.39, 0.29) is 12.2 Å². The minimum Gasteiger partial charge on any atom is -0.373 e. The first kappa shape index (κ1) is 14.2. The molecule has 7 heteroatoms. The monoisotopic (exact) mass is 277 g/mol. The van der Waals surface area contributed by atoms with Crippen molar-refractivity contribution in [1.82, 2.24) is 13.9 Å². The Kier molecular flexibility index (Phi) is 4.60. The highest BCUT2D eigenvalue weighted by molar-refractivity contribution is 7.86. The molecule has 2 aliphatic heterocycles. The zero-order valence-corrected chi connectivity index (χ0v) is 11.9. The Morgan fingerprint density at radius 3 is 2.39 bits per heavy atom. The van der Waals surface area contributed by atoms with Crippen LogP contribution in [0.5, 0.6) is 0 Å². The third-order valence-corrected chi connectivity index (χ3v) is 5.31. The van der Waals surface area contributed by atoms with E-state index in [0.29, 0.717) is 26.2 Å². The lowest BCUT2D eigenvalue weighted by molar-refractivity contribution is -0.0454. The molecule has 0 aromatic carbocycles. The maximum Gasteiger partial charge on any atom is 0.282 e. The highest BCUT2D eigenvalue weighted by atomic mass is 32.2. The van der Waals surface area contributed by atoms with Crippen molar-refractivity contribution >= 4 is 10.2 Å². The van der Waals surface area contributed by atoms with Crippen LogP contribution in [0.3, 0.4) is 0 Å². The van der Waals surface area contributed by atoms with Gasteiger partial charge in [-0.05, 0) is 26.8 Å². The van der Waals surface area contributed by atoms with Crippen LogP contribution in [0.25, 0.3) is 0 Å². The van der Waals surface area contributed by atoms with Crippen LogP contribution in [0.4, 0.5) is 0 Å². The molecule has 6 nitrogen and oxygen atoms in total. The van der Waals surface area contributed by atoms with Gasteiger partial charge in [-0.25, -0.2) is 0 Å². The molecule has 2 fully saturated rings. The molecule has 2 unspecified atom stereocenters. The van der Waals surface area contributed by atoms with Crippen LogP contribution in [-0.4, -0.2) is 68.5 Å². The molecule has 0 aliphatic carbocycles. The van der Waals surface area contributed by atoms with Gasteiger partial charge in [-0.3, -0.25) is 0 Å². The van der Waals surface area contributed by atoms with E-state index in [1.807, 2.05) is 13.8 Å². The molecule has 0 aromatic heterocycles. The van der Waals surface area contributed by atoms with E-state index in [0.717, 1.165) is 19.5 Å². The van der Waals surface area contributed by atoms with Crippen LogP contribution in [0.15, 0.2) is 0 Å². The smallest absolute Gasteiger partial charge is 0.282 e. The van der Waals surface area contributed by atoms with Crippen LogP contribution in [0, 0.1) is 0 Å². The Labute approximate surface area is 109 Å². The average Bonchev–Trinajstić information content (AvgIpc) is 2.56. The summed E-state index contributed by atoms with van der Waals surface area (Å²) < 4.78 is 33.9. The van der Waals surface area contributed by atoms with Gasteiger partial charge in [0, 0.05) is 32.7 Å². The second-order valence-electron chi connectivity index (χ2n) is 5.08. The van der Waals surface area contributed by atoms with Gasteiger partial charge in [-0.2, -0.15) is 17.0 Å². The van der Waals surface area contributed by atoms with Crippen molar-refractivity contribution in [2.45, 2.75) is 32.5 Å². The highest BCUT2D eigenvalue weighted by Crippen LogP contribution is 2.17. The van der Waals surface area contributed by atoms with Gasteiger partial charge in [0.15, 0.2) is 0 Å². The van der Waals surface area contributed by atoms with Crippen molar-refractivity contribution in [2.75, 3.05) is 39.3 Å². The molecule has 2 saturated heterocycles. The van der Waals surface area contributed by atoms with Crippen LogP contribution in [0.2, 0.25) is 0 Å². The summed E-state index contributed by atoms with van der Waals surface area (Å²) in [4.78, 5) is 0. The molecular formula is C11H23N3O3S. The fraction of sp³-hybridized carbons (Fsp3) is 1.00. The largest absolute Gasteiger partial charge is 0.373 e. The van der Waals surface area contributed by atoms with Gasteiger partial charge in [-0.15, -0.1) is 0 Å². The predicted molar refractivity (Wildman–Crippen MR) is 69.6 cm³/mol. The summed E-state index contributed by atoms with van der Waals surface area (Å²) in [5.74, 6) is 0. The van der Waals surface area contributed by atoms with Crippen molar-refractivity contribution in [3.8, 4) is 0 Å². The summed E-state index contributed by atoms with van der Waals surface area (Å²) in [6.45, 7) is 7.53. The van der Waals surface area contributed by atoms with Gasteiger partial charge in [0.1, 0.15) is 0 Å². The summed E-state index contributed by atoms with van der Waals surface area (Å²) in [5.41, 5.74) is 0. The molecule has 2 heterocycles. The molecule has 0 radical (unpaired) electrons. The molecule has 0 bridgehead atoms. The van der Waals surface area contributed by atoms with E-state index >= 15 is 0 Å². The van der Waals surface area contributed by atoms with E-state index < -0.39 is 10.2 Å².